The lowest BCUT2D eigenvalue weighted by molar-refractivity contribution is 0.0845. The van der Waals surface area contributed by atoms with Crippen LogP contribution in [-0.4, -0.2) is 21.6 Å². The first kappa shape index (κ1) is 19.8. The minimum atomic E-state index is -0.567. The van der Waals surface area contributed by atoms with E-state index in [0.29, 0.717) is 22.2 Å². The maximum absolute atomic E-state index is 12.7. The van der Waals surface area contributed by atoms with Crippen molar-refractivity contribution < 1.29 is 9.59 Å². The number of hydrazine groups is 1. The van der Waals surface area contributed by atoms with Crippen molar-refractivity contribution in [3.8, 4) is 0 Å². The molecule has 0 aliphatic carbocycles. The molecule has 7 nitrogen and oxygen atoms in total. The second-order valence-electron chi connectivity index (χ2n) is 6.47. The molecule has 0 aliphatic heterocycles. The third-order valence-corrected chi connectivity index (χ3v) is 5.43. The minimum Gasteiger partial charge on any atom is -0.267 e. The number of aryl methyl sites for hydroxylation is 2. The summed E-state index contributed by atoms with van der Waals surface area (Å²) in [5, 5.41) is 6.97. The number of nitrogens with zero attached hydrogens (tertiary/aromatic N) is 2. The summed E-state index contributed by atoms with van der Waals surface area (Å²) in [6.45, 7) is 4.35. The van der Waals surface area contributed by atoms with Crippen LogP contribution in [0.3, 0.4) is 0 Å². The van der Waals surface area contributed by atoms with Crippen LogP contribution < -0.4 is 16.4 Å². The Bertz CT molecular complexity index is 1070. The Morgan fingerprint density at radius 2 is 1.79 bits per heavy atom. The normalized spacial score (nSPS) is 10.8. The maximum atomic E-state index is 12.7. The smallest absolute Gasteiger partial charge is 0.267 e. The van der Waals surface area contributed by atoms with Gasteiger partial charge in [0.05, 0.1) is 10.3 Å². The second-order valence-corrected chi connectivity index (χ2v) is 7.39. The highest BCUT2D eigenvalue weighted by molar-refractivity contribution is 7.12. The van der Waals surface area contributed by atoms with Gasteiger partial charge in [0.1, 0.15) is 0 Å². The standard InChI is InChI=1S/C20H22N4O3S/c1-3-4-7-11-24-20(27)15-9-6-5-8-14(15)16(23-24)18(25)21-22-19(26)17-13(2)10-12-28-17/h5-6,8-10,12H,3-4,7,11H2,1-2H3,(H,21,25)(H,22,26). The first-order valence-electron chi connectivity index (χ1n) is 9.17. The third kappa shape index (κ3) is 4.12. The Balaban J connectivity index is 1.87. The largest absolute Gasteiger partial charge is 0.290 e. The molecular formula is C20H22N4O3S. The second kappa shape index (κ2) is 8.79. The van der Waals surface area contributed by atoms with E-state index >= 15 is 0 Å². The number of nitrogens with one attached hydrogen (secondary N) is 2. The van der Waals surface area contributed by atoms with E-state index in [0.717, 1.165) is 24.8 Å². The molecule has 0 radical (unpaired) electrons. The number of hydrogen-bond donors (Lipinski definition) is 2. The Kier molecular flexibility index (Phi) is 6.20. The molecule has 1 aromatic carbocycles. The summed E-state index contributed by atoms with van der Waals surface area (Å²) >= 11 is 1.30. The summed E-state index contributed by atoms with van der Waals surface area (Å²) in [5.41, 5.74) is 5.55. The fourth-order valence-corrected chi connectivity index (χ4v) is 3.72. The molecule has 0 aliphatic rings. The van der Waals surface area contributed by atoms with E-state index in [4.69, 9.17) is 0 Å². The molecule has 3 rings (SSSR count). The van der Waals surface area contributed by atoms with Gasteiger partial charge in [0.2, 0.25) is 0 Å². The van der Waals surface area contributed by atoms with Crippen molar-refractivity contribution in [1.82, 2.24) is 20.6 Å². The zero-order valence-corrected chi connectivity index (χ0v) is 16.6. The van der Waals surface area contributed by atoms with Crippen LogP contribution >= 0.6 is 11.3 Å². The first-order chi connectivity index (χ1) is 13.5. The number of aromatic nitrogens is 2. The fraction of sp³-hybridized carbons (Fsp3) is 0.300. The van der Waals surface area contributed by atoms with E-state index in [9.17, 15) is 14.4 Å². The van der Waals surface area contributed by atoms with Gasteiger partial charge < -0.3 is 0 Å². The predicted octanol–water partition coefficient (Wildman–Crippen LogP) is 3.03. The number of thiophene rings is 1. The highest BCUT2D eigenvalue weighted by Gasteiger charge is 2.18. The van der Waals surface area contributed by atoms with Crippen LogP contribution in [-0.2, 0) is 6.54 Å². The fourth-order valence-electron chi connectivity index (χ4n) is 2.90. The van der Waals surface area contributed by atoms with Crippen molar-refractivity contribution in [3.63, 3.8) is 0 Å². The molecule has 0 bridgehead atoms. The number of hydrogen-bond acceptors (Lipinski definition) is 5. The van der Waals surface area contributed by atoms with Gasteiger partial charge in [-0.3, -0.25) is 25.2 Å². The molecule has 2 aromatic heterocycles. The van der Waals surface area contributed by atoms with Gasteiger partial charge in [-0.05, 0) is 36.4 Å². The van der Waals surface area contributed by atoms with E-state index in [1.165, 1.54) is 16.0 Å². The van der Waals surface area contributed by atoms with Crippen LogP contribution in [0.2, 0.25) is 0 Å². The van der Waals surface area contributed by atoms with Crippen LogP contribution in [0.25, 0.3) is 10.8 Å². The number of fused-ring (bicyclic) bond motifs is 1. The number of rotatable bonds is 6. The highest BCUT2D eigenvalue weighted by Crippen LogP contribution is 2.15. The van der Waals surface area contributed by atoms with Gasteiger partial charge in [0, 0.05) is 11.9 Å². The predicted molar refractivity (Wildman–Crippen MR) is 110 cm³/mol. The molecule has 2 amide bonds. The van der Waals surface area contributed by atoms with Crippen LogP contribution in [0.1, 0.15) is 51.9 Å². The van der Waals surface area contributed by atoms with E-state index in [1.807, 2.05) is 18.4 Å². The number of carbonyl (C=O) groups is 2. The summed E-state index contributed by atoms with van der Waals surface area (Å²) in [7, 11) is 0. The van der Waals surface area contributed by atoms with Gasteiger partial charge in [-0.1, -0.05) is 38.0 Å². The lowest BCUT2D eigenvalue weighted by Gasteiger charge is -2.11. The molecule has 8 heteroatoms. The lowest BCUT2D eigenvalue weighted by atomic mass is 10.1. The van der Waals surface area contributed by atoms with Crippen molar-refractivity contribution in [1.29, 1.82) is 0 Å². The molecule has 2 N–H and O–H groups in total. The van der Waals surface area contributed by atoms with Gasteiger partial charge in [-0.15, -0.1) is 11.3 Å². The molecule has 0 saturated heterocycles. The molecule has 146 valence electrons. The van der Waals surface area contributed by atoms with Crippen molar-refractivity contribution in [2.45, 2.75) is 39.7 Å². The molecule has 0 spiro atoms. The van der Waals surface area contributed by atoms with Crippen molar-refractivity contribution in [2.24, 2.45) is 0 Å². The minimum absolute atomic E-state index is 0.106. The van der Waals surface area contributed by atoms with Gasteiger partial charge in [0.15, 0.2) is 5.69 Å². The zero-order chi connectivity index (χ0) is 20.1. The molecule has 0 saturated carbocycles. The Morgan fingerprint density at radius 1 is 1.07 bits per heavy atom. The quantitative estimate of drug-likeness (QED) is 0.493. The van der Waals surface area contributed by atoms with E-state index in [-0.39, 0.29) is 17.2 Å². The van der Waals surface area contributed by atoms with Crippen molar-refractivity contribution >= 4 is 33.9 Å². The van der Waals surface area contributed by atoms with Crippen LogP contribution in [0.5, 0.6) is 0 Å². The Hall–Kier alpha value is -3.00. The van der Waals surface area contributed by atoms with Gasteiger partial charge >= 0.3 is 0 Å². The Labute approximate surface area is 166 Å². The SMILES string of the molecule is CCCCCn1nc(C(=O)NNC(=O)c2sccc2C)c2ccccc2c1=O. The first-order valence-corrected chi connectivity index (χ1v) is 10.1. The summed E-state index contributed by atoms with van der Waals surface area (Å²) in [5.74, 6) is -0.954. The monoisotopic (exact) mass is 398 g/mol. The van der Waals surface area contributed by atoms with Gasteiger partial charge in [0.25, 0.3) is 17.4 Å². The zero-order valence-electron chi connectivity index (χ0n) is 15.8. The van der Waals surface area contributed by atoms with Crippen molar-refractivity contribution in [3.05, 3.63) is 62.2 Å². The molecule has 0 unspecified atom stereocenters. The molecule has 3 aromatic rings. The number of amides is 2. The maximum Gasteiger partial charge on any atom is 0.290 e. The molecule has 28 heavy (non-hydrogen) atoms. The molecule has 2 heterocycles. The van der Waals surface area contributed by atoms with E-state index < -0.39 is 5.91 Å². The summed E-state index contributed by atoms with van der Waals surface area (Å²) < 4.78 is 1.33. The summed E-state index contributed by atoms with van der Waals surface area (Å²) in [6, 6.07) is 8.70. The van der Waals surface area contributed by atoms with Crippen molar-refractivity contribution in [2.75, 3.05) is 0 Å². The van der Waals surface area contributed by atoms with E-state index in [1.54, 1.807) is 24.3 Å². The molecular weight excluding hydrogens is 376 g/mol. The lowest BCUT2D eigenvalue weighted by Crippen LogP contribution is -2.42. The van der Waals surface area contributed by atoms with Crippen LogP contribution in [0, 0.1) is 6.92 Å². The molecule has 0 fully saturated rings. The number of unbranched alkanes of at least 4 members (excludes halogenated alkanes) is 2. The third-order valence-electron chi connectivity index (χ3n) is 4.41. The summed E-state index contributed by atoms with van der Waals surface area (Å²) in [6.07, 6.45) is 2.79. The average molecular weight is 398 g/mol. The van der Waals surface area contributed by atoms with Crippen LogP contribution in [0.4, 0.5) is 0 Å². The number of benzene rings is 1. The molecule has 0 atom stereocenters. The van der Waals surface area contributed by atoms with Gasteiger partial charge in [-0.2, -0.15) is 5.10 Å². The average Bonchev–Trinajstić information content (AvgIpc) is 3.14. The van der Waals surface area contributed by atoms with Gasteiger partial charge in [-0.25, -0.2) is 4.68 Å². The summed E-state index contributed by atoms with van der Waals surface area (Å²) in [4.78, 5) is 38.1. The topological polar surface area (TPSA) is 93.1 Å². The van der Waals surface area contributed by atoms with E-state index in [2.05, 4.69) is 22.9 Å². The number of carbonyl (C=O) groups excluding carboxylic acids is 2. The van der Waals surface area contributed by atoms with Crippen LogP contribution in [0.15, 0.2) is 40.5 Å². The Morgan fingerprint density at radius 3 is 2.46 bits per heavy atom. The highest BCUT2D eigenvalue weighted by atomic mass is 32.1.